The summed E-state index contributed by atoms with van der Waals surface area (Å²) < 4.78 is 26.8. The lowest BCUT2D eigenvalue weighted by atomic mass is 9.93. The van der Waals surface area contributed by atoms with Crippen molar-refractivity contribution in [2.75, 3.05) is 0 Å². The molecular weight excluding hydrogens is 328 g/mol. The van der Waals surface area contributed by atoms with Crippen molar-refractivity contribution >= 4 is 10.7 Å². The van der Waals surface area contributed by atoms with Gasteiger partial charge in [0.15, 0.2) is 0 Å². The number of aryl methyl sites for hydroxylation is 1. The van der Waals surface area contributed by atoms with Crippen LogP contribution in [0.25, 0.3) is 11.1 Å². The van der Waals surface area contributed by atoms with Crippen LogP contribution in [0.15, 0.2) is 39.5 Å². The molecule has 1 N–H and O–H groups in total. The molecule has 0 aliphatic carbocycles. The molecule has 2 aromatic rings. The fourth-order valence-electron chi connectivity index (χ4n) is 2.50. The largest absolute Gasteiger partial charge is 0.428 e. The van der Waals surface area contributed by atoms with Crippen LogP contribution in [0.3, 0.4) is 0 Å². The summed E-state index contributed by atoms with van der Waals surface area (Å²) in [6, 6.07) is 8.88. The molecular formula is C18H22O5S. The van der Waals surface area contributed by atoms with E-state index in [1.165, 1.54) is 0 Å². The second-order valence-corrected chi connectivity index (χ2v) is 7.52. The Kier molecular flexibility index (Phi) is 5.62. The summed E-state index contributed by atoms with van der Waals surface area (Å²) in [7, 11) is -2.47. The fraction of sp³-hybridized carbons (Fsp3) is 0.389. The van der Waals surface area contributed by atoms with Crippen LogP contribution in [0.4, 0.5) is 0 Å². The van der Waals surface area contributed by atoms with Crippen molar-refractivity contribution in [2.24, 2.45) is 0 Å². The van der Waals surface area contributed by atoms with E-state index in [1.54, 1.807) is 51.1 Å². The van der Waals surface area contributed by atoms with Crippen molar-refractivity contribution in [1.82, 2.24) is 0 Å². The molecule has 0 bridgehead atoms. The third-order valence-corrected chi connectivity index (χ3v) is 4.36. The van der Waals surface area contributed by atoms with Crippen molar-refractivity contribution < 1.29 is 17.9 Å². The first-order valence-electron chi connectivity index (χ1n) is 7.73. The molecule has 1 aromatic carbocycles. The SMILES string of the molecule is Cc1cc(-c2ccc(C[SH](=O)=O)cc2)c(CCC(C)(C)O)c(=O)o1. The van der Waals surface area contributed by atoms with E-state index in [1.807, 2.05) is 0 Å². The number of aliphatic hydroxyl groups is 1. The zero-order chi connectivity index (χ0) is 17.9. The first-order chi connectivity index (χ1) is 11.2. The summed E-state index contributed by atoms with van der Waals surface area (Å²) in [5.74, 6) is 0.505. The normalized spacial score (nSPS) is 11.9. The summed E-state index contributed by atoms with van der Waals surface area (Å²) in [5, 5.41) is 9.92. The topological polar surface area (TPSA) is 84.6 Å². The fourth-order valence-corrected chi connectivity index (χ4v) is 3.01. The van der Waals surface area contributed by atoms with E-state index in [0.717, 1.165) is 11.1 Å². The molecule has 6 heteroatoms. The van der Waals surface area contributed by atoms with Crippen LogP contribution in [-0.2, 0) is 22.9 Å². The second-order valence-electron chi connectivity index (χ2n) is 6.54. The molecule has 130 valence electrons. The second kappa shape index (κ2) is 7.32. The maximum atomic E-state index is 12.2. The Labute approximate surface area is 142 Å². The first-order valence-corrected chi connectivity index (χ1v) is 9.09. The van der Waals surface area contributed by atoms with Crippen LogP contribution >= 0.6 is 0 Å². The molecule has 1 heterocycles. The van der Waals surface area contributed by atoms with Crippen LogP contribution in [0, 0.1) is 6.92 Å². The Hall–Kier alpha value is -1.92. The predicted octanol–water partition coefficient (Wildman–Crippen LogP) is 2.43. The van der Waals surface area contributed by atoms with Crippen molar-refractivity contribution in [1.29, 1.82) is 0 Å². The van der Waals surface area contributed by atoms with Gasteiger partial charge in [0, 0.05) is 5.56 Å². The number of hydrogen-bond acceptors (Lipinski definition) is 5. The molecule has 0 radical (unpaired) electrons. The summed E-state index contributed by atoms with van der Waals surface area (Å²) in [6.07, 6.45) is 0.832. The zero-order valence-electron chi connectivity index (χ0n) is 14.0. The van der Waals surface area contributed by atoms with Gasteiger partial charge in [0.05, 0.1) is 11.4 Å². The zero-order valence-corrected chi connectivity index (χ0v) is 14.9. The van der Waals surface area contributed by atoms with Gasteiger partial charge in [0.1, 0.15) is 16.5 Å². The third kappa shape index (κ3) is 5.04. The Balaban J connectivity index is 2.43. The Morgan fingerprint density at radius 3 is 2.33 bits per heavy atom. The summed E-state index contributed by atoms with van der Waals surface area (Å²) in [4.78, 5) is 12.2. The van der Waals surface area contributed by atoms with Gasteiger partial charge in [-0.3, -0.25) is 0 Å². The quantitative estimate of drug-likeness (QED) is 0.782. The van der Waals surface area contributed by atoms with E-state index < -0.39 is 21.9 Å². The summed E-state index contributed by atoms with van der Waals surface area (Å²) >= 11 is 0. The molecule has 0 amide bonds. The highest BCUT2D eigenvalue weighted by Crippen LogP contribution is 2.25. The number of benzene rings is 1. The lowest BCUT2D eigenvalue weighted by Crippen LogP contribution is -2.21. The predicted molar refractivity (Wildman–Crippen MR) is 93.8 cm³/mol. The minimum absolute atomic E-state index is 0.00285. The van der Waals surface area contributed by atoms with Gasteiger partial charge in [-0.05, 0) is 56.4 Å². The number of hydrogen-bond donors (Lipinski definition) is 2. The van der Waals surface area contributed by atoms with Gasteiger partial charge in [-0.1, -0.05) is 24.3 Å². The molecule has 0 fully saturated rings. The molecule has 0 atom stereocenters. The standard InChI is InChI=1S/C18H22O5S/c1-12-10-16(14-6-4-13(5-7-14)11-24(21)22)15(17(19)23-12)8-9-18(2,3)20/h4-7,10,20,24H,8-9,11H2,1-3H3. The van der Waals surface area contributed by atoms with Gasteiger partial charge >= 0.3 is 5.63 Å². The van der Waals surface area contributed by atoms with Gasteiger partial charge in [-0.25, -0.2) is 13.2 Å². The molecule has 0 unspecified atom stereocenters. The van der Waals surface area contributed by atoms with Gasteiger partial charge in [0.25, 0.3) is 0 Å². The van der Waals surface area contributed by atoms with Gasteiger partial charge < -0.3 is 9.52 Å². The van der Waals surface area contributed by atoms with Crippen LogP contribution in [0.2, 0.25) is 0 Å². The van der Waals surface area contributed by atoms with E-state index in [4.69, 9.17) is 4.42 Å². The molecule has 0 saturated heterocycles. The van der Waals surface area contributed by atoms with Gasteiger partial charge in [-0.2, -0.15) is 0 Å². The number of rotatable bonds is 6. The van der Waals surface area contributed by atoms with E-state index in [2.05, 4.69) is 0 Å². The molecule has 0 aliphatic heterocycles. The number of thiol groups is 1. The van der Waals surface area contributed by atoms with Crippen LogP contribution in [0.5, 0.6) is 0 Å². The molecule has 24 heavy (non-hydrogen) atoms. The highest BCUT2D eigenvalue weighted by Gasteiger charge is 2.18. The van der Waals surface area contributed by atoms with Crippen molar-refractivity contribution in [3.63, 3.8) is 0 Å². The average molecular weight is 350 g/mol. The first kappa shape index (κ1) is 18.4. The Morgan fingerprint density at radius 1 is 1.17 bits per heavy atom. The minimum atomic E-state index is -2.47. The van der Waals surface area contributed by atoms with Crippen LogP contribution in [0.1, 0.15) is 37.2 Å². The molecule has 5 nitrogen and oxygen atoms in total. The van der Waals surface area contributed by atoms with E-state index in [0.29, 0.717) is 29.7 Å². The minimum Gasteiger partial charge on any atom is -0.428 e. The maximum absolute atomic E-state index is 12.2. The van der Waals surface area contributed by atoms with E-state index in [-0.39, 0.29) is 5.75 Å². The highest BCUT2D eigenvalue weighted by atomic mass is 32.2. The lowest BCUT2D eigenvalue weighted by molar-refractivity contribution is 0.0712. The smallest absolute Gasteiger partial charge is 0.339 e. The van der Waals surface area contributed by atoms with E-state index >= 15 is 0 Å². The summed E-state index contributed by atoms with van der Waals surface area (Å²) in [5.41, 5.74) is 1.52. The molecule has 0 saturated carbocycles. The van der Waals surface area contributed by atoms with Crippen LogP contribution < -0.4 is 5.63 Å². The van der Waals surface area contributed by atoms with Crippen molar-refractivity contribution in [3.05, 3.63) is 57.6 Å². The van der Waals surface area contributed by atoms with Crippen molar-refractivity contribution in [2.45, 2.75) is 45.0 Å². The van der Waals surface area contributed by atoms with Gasteiger partial charge in [-0.15, -0.1) is 0 Å². The molecule has 1 aromatic heterocycles. The molecule has 0 aliphatic rings. The maximum Gasteiger partial charge on any atom is 0.339 e. The van der Waals surface area contributed by atoms with Gasteiger partial charge in [0.2, 0.25) is 0 Å². The lowest BCUT2D eigenvalue weighted by Gasteiger charge is -2.17. The van der Waals surface area contributed by atoms with E-state index in [9.17, 15) is 18.3 Å². The highest BCUT2D eigenvalue weighted by molar-refractivity contribution is 7.71. The average Bonchev–Trinajstić information content (AvgIpc) is 2.44. The summed E-state index contributed by atoms with van der Waals surface area (Å²) in [6.45, 7) is 5.10. The monoisotopic (exact) mass is 350 g/mol. The molecule has 2 rings (SSSR count). The Bertz CT molecular complexity index is 831. The Morgan fingerprint density at radius 2 is 1.79 bits per heavy atom. The third-order valence-electron chi connectivity index (χ3n) is 3.74. The van der Waals surface area contributed by atoms with Crippen LogP contribution in [-0.4, -0.2) is 19.1 Å². The van der Waals surface area contributed by atoms with Crippen molar-refractivity contribution in [3.8, 4) is 11.1 Å². The molecule has 0 spiro atoms.